The summed E-state index contributed by atoms with van der Waals surface area (Å²) in [6, 6.07) is 0. The summed E-state index contributed by atoms with van der Waals surface area (Å²) in [6.07, 6.45) is 0.736. The molecule has 1 saturated heterocycles. The fourth-order valence-corrected chi connectivity index (χ4v) is 2.26. The van der Waals surface area contributed by atoms with Crippen LogP contribution >= 0.6 is 0 Å². The summed E-state index contributed by atoms with van der Waals surface area (Å²) in [4.78, 5) is 3.84. The molecule has 124 valence electrons. The highest BCUT2D eigenvalue weighted by atomic mass is 16.6. The number of nitrogens with one attached hydrogen (secondary N) is 1. The van der Waals surface area contributed by atoms with E-state index in [0.717, 1.165) is 19.3 Å². The van der Waals surface area contributed by atoms with Crippen molar-refractivity contribution in [2.75, 3.05) is 13.2 Å². The van der Waals surface area contributed by atoms with Crippen LogP contribution in [-0.2, 0) is 9.47 Å². The summed E-state index contributed by atoms with van der Waals surface area (Å²) in [6.45, 7) is 2.91. The van der Waals surface area contributed by atoms with Gasteiger partial charge in [-0.15, -0.1) is 5.10 Å². The predicted octanol–water partition coefficient (Wildman–Crippen LogP) is -0.612. The first kappa shape index (κ1) is 16.8. The van der Waals surface area contributed by atoms with Crippen LogP contribution in [0.15, 0.2) is 6.33 Å². The summed E-state index contributed by atoms with van der Waals surface area (Å²) in [5.41, 5.74) is 5.29. The zero-order chi connectivity index (χ0) is 16.1. The first-order valence-corrected chi connectivity index (χ1v) is 7.39. The second-order valence-corrected chi connectivity index (χ2v) is 5.29. The number of nitrogens with two attached hydrogens (primary N) is 1. The van der Waals surface area contributed by atoms with Gasteiger partial charge in [0, 0.05) is 6.61 Å². The molecule has 0 aliphatic carbocycles. The van der Waals surface area contributed by atoms with Crippen molar-refractivity contribution in [3.05, 3.63) is 12.2 Å². The van der Waals surface area contributed by atoms with Gasteiger partial charge in [0.2, 0.25) is 5.82 Å². The maximum atomic E-state index is 10.1. The second-order valence-electron chi connectivity index (χ2n) is 5.29. The first-order valence-electron chi connectivity index (χ1n) is 7.39. The van der Waals surface area contributed by atoms with Crippen LogP contribution in [0.5, 0.6) is 0 Å². The van der Waals surface area contributed by atoms with E-state index in [1.807, 2.05) is 0 Å². The van der Waals surface area contributed by atoms with Crippen LogP contribution in [0.3, 0.4) is 0 Å². The van der Waals surface area contributed by atoms with E-state index in [4.69, 9.17) is 20.6 Å². The molecule has 9 nitrogen and oxygen atoms in total. The number of aliphatic hydroxyl groups excluding tert-OH is 2. The van der Waals surface area contributed by atoms with E-state index in [2.05, 4.69) is 17.0 Å². The molecule has 0 aromatic carbocycles. The highest BCUT2D eigenvalue weighted by Gasteiger charge is 2.44. The molecule has 1 aromatic rings. The quantitative estimate of drug-likeness (QED) is 0.285. The summed E-state index contributed by atoms with van der Waals surface area (Å²) in [5.74, 6) is -0.229. The van der Waals surface area contributed by atoms with Crippen molar-refractivity contribution < 1.29 is 19.7 Å². The van der Waals surface area contributed by atoms with Gasteiger partial charge < -0.3 is 25.4 Å². The lowest BCUT2D eigenvalue weighted by atomic mass is 10.1. The third-order valence-corrected chi connectivity index (χ3v) is 3.52. The molecule has 0 radical (unpaired) electrons. The number of nitrogen functional groups attached to an aromatic ring is 1. The first-order chi connectivity index (χ1) is 10.5. The van der Waals surface area contributed by atoms with E-state index < -0.39 is 24.5 Å². The molecule has 2 heterocycles. The summed E-state index contributed by atoms with van der Waals surface area (Å²) in [7, 11) is 0. The molecule has 0 bridgehead atoms. The Morgan fingerprint density at radius 2 is 2.23 bits per heavy atom. The Bertz CT molecular complexity index is 495. The van der Waals surface area contributed by atoms with Crippen molar-refractivity contribution in [1.82, 2.24) is 14.8 Å². The molecule has 5 N–H and O–H groups in total. The molecule has 0 unspecified atom stereocenters. The van der Waals surface area contributed by atoms with E-state index in [1.54, 1.807) is 0 Å². The third-order valence-electron chi connectivity index (χ3n) is 3.52. The van der Waals surface area contributed by atoms with Crippen molar-refractivity contribution in [3.8, 4) is 0 Å². The standard InChI is InChI=1S/C13H23N5O4/c1-2-3-4-5-21-6-8-9(19)10(20)13(22-8)18-7-16-12(17-18)11(14)15/h7-10,13,19-20H,2-6H2,1H3,(H3,14,15)/t8-,9-,10-,13-/m1/s1. The molecular weight excluding hydrogens is 290 g/mol. The molecule has 22 heavy (non-hydrogen) atoms. The number of rotatable bonds is 8. The van der Waals surface area contributed by atoms with Crippen molar-refractivity contribution in [3.63, 3.8) is 0 Å². The molecule has 4 atom stereocenters. The zero-order valence-corrected chi connectivity index (χ0v) is 12.6. The molecule has 1 aliphatic rings. The van der Waals surface area contributed by atoms with Gasteiger partial charge in [-0.2, -0.15) is 0 Å². The largest absolute Gasteiger partial charge is 0.387 e. The number of ether oxygens (including phenoxy) is 2. The molecule has 1 fully saturated rings. The van der Waals surface area contributed by atoms with Gasteiger partial charge in [0.1, 0.15) is 24.6 Å². The summed E-state index contributed by atoms with van der Waals surface area (Å²) < 4.78 is 12.3. The lowest BCUT2D eigenvalue weighted by Gasteiger charge is -2.14. The maximum absolute atomic E-state index is 10.1. The minimum Gasteiger partial charge on any atom is -0.387 e. The van der Waals surface area contributed by atoms with Crippen LogP contribution in [-0.4, -0.2) is 62.3 Å². The highest BCUT2D eigenvalue weighted by Crippen LogP contribution is 2.28. The Morgan fingerprint density at radius 3 is 2.86 bits per heavy atom. The van der Waals surface area contributed by atoms with E-state index >= 15 is 0 Å². The van der Waals surface area contributed by atoms with Crippen LogP contribution in [0.25, 0.3) is 0 Å². The lowest BCUT2D eigenvalue weighted by Crippen LogP contribution is -2.34. The number of aromatic nitrogens is 3. The maximum Gasteiger partial charge on any atom is 0.215 e. The normalized spacial score (nSPS) is 28.1. The summed E-state index contributed by atoms with van der Waals surface area (Å²) in [5, 5.41) is 31.3. The monoisotopic (exact) mass is 313 g/mol. The van der Waals surface area contributed by atoms with Crippen LogP contribution in [0.4, 0.5) is 0 Å². The minimum absolute atomic E-state index is 0.0459. The Morgan fingerprint density at radius 1 is 1.45 bits per heavy atom. The van der Waals surface area contributed by atoms with Gasteiger partial charge in [0.25, 0.3) is 0 Å². The number of amidine groups is 1. The number of unbranched alkanes of at least 4 members (excludes halogenated alkanes) is 2. The Labute approximate surface area is 128 Å². The van der Waals surface area contributed by atoms with E-state index in [9.17, 15) is 10.2 Å². The van der Waals surface area contributed by atoms with Crippen molar-refractivity contribution in [1.29, 1.82) is 5.41 Å². The summed E-state index contributed by atoms with van der Waals surface area (Å²) >= 11 is 0. The fourth-order valence-electron chi connectivity index (χ4n) is 2.26. The van der Waals surface area contributed by atoms with Gasteiger partial charge in [0.05, 0.1) is 6.61 Å². The van der Waals surface area contributed by atoms with Crippen molar-refractivity contribution in [2.45, 2.75) is 50.7 Å². The lowest BCUT2D eigenvalue weighted by molar-refractivity contribution is -0.0715. The van der Waals surface area contributed by atoms with Gasteiger partial charge in [-0.1, -0.05) is 19.8 Å². The number of hydrogen-bond donors (Lipinski definition) is 4. The third kappa shape index (κ3) is 3.80. The molecule has 1 aliphatic heterocycles. The van der Waals surface area contributed by atoms with Crippen LogP contribution in [0, 0.1) is 5.41 Å². The second kappa shape index (κ2) is 7.63. The van der Waals surface area contributed by atoms with E-state index in [0.29, 0.717) is 6.61 Å². The van der Waals surface area contributed by atoms with E-state index in [-0.39, 0.29) is 18.3 Å². The molecule has 9 heteroatoms. The molecular formula is C13H23N5O4. The van der Waals surface area contributed by atoms with Gasteiger partial charge in [-0.05, 0) is 6.42 Å². The Kier molecular flexibility index (Phi) is 5.83. The van der Waals surface area contributed by atoms with Crippen LogP contribution in [0.1, 0.15) is 38.2 Å². The van der Waals surface area contributed by atoms with Gasteiger partial charge in [0.15, 0.2) is 12.1 Å². The molecule has 0 amide bonds. The molecule has 0 spiro atoms. The van der Waals surface area contributed by atoms with Gasteiger partial charge in [-0.25, -0.2) is 9.67 Å². The van der Waals surface area contributed by atoms with Crippen molar-refractivity contribution >= 4 is 5.84 Å². The zero-order valence-electron chi connectivity index (χ0n) is 12.6. The smallest absolute Gasteiger partial charge is 0.215 e. The van der Waals surface area contributed by atoms with Crippen molar-refractivity contribution in [2.24, 2.45) is 5.73 Å². The number of hydrogen-bond acceptors (Lipinski definition) is 7. The molecule has 1 aromatic heterocycles. The molecule has 0 saturated carbocycles. The Hall–Kier alpha value is -1.55. The average molecular weight is 313 g/mol. The van der Waals surface area contributed by atoms with Gasteiger partial charge in [-0.3, -0.25) is 5.41 Å². The van der Waals surface area contributed by atoms with Crippen LogP contribution in [0.2, 0.25) is 0 Å². The van der Waals surface area contributed by atoms with Gasteiger partial charge >= 0.3 is 0 Å². The van der Waals surface area contributed by atoms with Crippen LogP contribution < -0.4 is 5.73 Å². The number of aliphatic hydroxyl groups is 2. The average Bonchev–Trinajstić information content (AvgIpc) is 3.07. The number of nitrogens with zero attached hydrogens (tertiary/aromatic N) is 3. The predicted molar refractivity (Wildman–Crippen MR) is 77.3 cm³/mol. The fraction of sp³-hybridized carbons (Fsp3) is 0.769. The van der Waals surface area contributed by atoms with E-state index in [1.165, 1.54) is 11.0 Å². The molecule has 2 rings (SSSR count). The minimum atomic E-state index is -1.15. The highest BCUT2D eigenvalue weighted by molar-refractivity contribution is 5.90. The Balaban J connectivity index is 1.90. The SMILES string of the molecule is CCCCCOC[C@H]1O[C@@H](n2cnc(C(=N)N)n2)[C@H](O)[C@@H]1O. The topological polar surface area (TPSA) is 140 Å².